The third-order valence-corrected chi connectivity index (χ3v) is 1.91. The molecule has 2 atom stereocenters. The molecule has 12 heavy (non-hydrogen) atoms. The van der Waals surface area contributed by atoms with E-state index in [1.807, 2.05) is 6.92 Å². The fourth-order valence-electron chi connectivity index (χ4n) is 1.13. The number of β-lactam (4-membered cyclic amide) rings is 1. The van der Waals surface area contributed by atoms with Gasteiger partial charge in [0, 0.05) is 0 Å². The van der Waals surface area contributed by atoms with E-state index in [2.05, 4.69) is 15.4 Å². The van der Waals surface area contributed by atoms with Crippen LogP contribution in [0.15, 0.2) is 0 Å². The van der Waals surface area contributed by atoms with Gasteiger partial charge in [-0.2, -0.15) is 0 Å². The van der Waals surface area contributed by atoms with E-state index in [1.54, 1.807) is 0 Å². The number of hydrogen-bond donors (Lipinski definition) is 2. The molecule has 5 heteroatoms. The van der Waals surface area contributed by atoms with Gasteiger partial charge in [-0.15, -0.1) is 0 Å². The highest BCUT2D eigenvalue weighted by Crippen LogP contribution is 2.09. The Kier molecular flexibility index (Phi) is 2.52. The van der Waals surface area contributed by atoms with Gasteiger partial charge in [-0.3, -0.25) is 4.79 Å². The summed E-state index contributed by atoms with van der Waals surface area (Å²) in [5.41, 5.74) is 0. The Morgan fingerprint density at radius 1 is 1.75 bits per heavy atom. The minimum absolute atomic E-state index is 0.0524. The normalized spacial score (nSPS) is 27.0. The maximum Gasteiger partial charge on any atom is 0.407 e. The van der Waals surface area contributed by atoms with Crippen LogP contribution < -0.4 is 10.6 Å². The van der Waals surface area contributed by atoms with Gasteiger partial charge < -0.3 is 15.4 Å². The van der Waals surface area contributed by atoms with Gasteiger partial charge in [-0.05, 0) is 6.42 Å². The summed E-state index contributed by atoms with van der Waals surface area (Å²) in [5.74, 6) is -0.146. The lowest BCUT2D eigenvalue weighted by molar-refractivity contribution is -0.131. The summed E-state index contributed by atoms with van der Waals surface area (Å²) in [6.45, 7) is 1.94. The molecular weight excluding hydrogens is 160 g/mol. The number of carbonyl (C=O) groups excluding carboxylic acids is 2. The summed E-state index contributed by atoms with van der Waals surface area (Å²) in [5, 5.41) is 5.11. The number of rotatable bonds is 2. The third kappa shape index (κ3) is 1.49. The molecule has 0 saturated carbocycles. The van der Waals surface area contributed by atoms with Crippen LogP contribution >= 0.6 is 0 Å². The largest absolute Gasteiger partial charge is 0.453 e. The quantitative estimate of drug-likeness (QED) is 0.558. The topological polar surface area (TPSA) is 67.4 Å². The van der Waals surface area contributed by atoms with Crippen LogP contribution in [0.4, 0.5) is 4.79 Å². The molecule has 1 saturated heterocycles. The van der Waals surface area contributed by atoms with E-state index in [0.717, 1.165) is 6.42 Å². The van der Waals surface area contributed by atoms with Crippen LogP contribution in [0.3, 0.4) is 0 Å². The van der Waals surface area contributed by atoms with Crippen molar-refractivity contribution >= 4 is 12.0 Å². The first-order chi connectivity index (χ1) is 5.69. The van der Waals surface area contributed by atoms with Gasteiger partial charge in [-0.25, -0.2) is 4.79 Å². The molecule has 1 rings (SSSR count). The smallest absolute Gasteiger partial charge is 0.407 e. The van der Waals surface area contributed by atoms with Crippen LogP contribution in [-0.4, -0.2) is 31.2 Å². The third-order valence-electron chi connectivity index (χ3n) is 1.91. The van der Waals surface area contributed by atoms with Crippen LogP contribution in [0.1, 0.15) is 13.3 Å². The molecular formula is C7H12N2O3. The molecule has 1 aliphatic heterocycles. The molecule has 1 fully saturated rings. The zero-order valence-electron chi connectivity index (χ0n) is 7.09. The SMILES string of the molecule is CC[C@@H]1NC(=O)[C@@H]1NC(=O)OC. The van der Waals surface area contributed by atoms with Gasteiger partial charge in [-0.1, -0.05) is 6.92 Å². The maximum absolute atomic E-state index is 10.9. The molecule has 0 aromatic heterocycles. The molecule has 5 nitrogen and oxygen atoms in total. The van der Waals surface area contributed by atoms with Gasteiger partial charge in [0.1, 0.15) is 6.04 Å². The lowest BCUT2D eigenvalue weighted by atomic mass is 9.97. The number of nitrogens with one attached hydrogen (secondary N) is 2. The van der Waals surface area contributed by atoms with E-state index in [1.165, 1.54) is 7.11 Å². The summed E-state index contributed by atoms with van der Waals surface area (Å²) >= 11 is 0. The predicted octanol–water partition coefficient (Wildman–Crippen LogP) is -0.381. The van der Waals surface area contributed by atoms with Crippen LogP contribution in [0.25, 0.3) is 0 Å². The van der Waals surface area contributed by atoms with E-state index in [0.29, 0.717) is 0 Å². The first-order valence-corrected chi connectivity index (χ1v) is 3.84. The molecule has 1 heterocycles. The van der Waals surface area contributed by atoms with Gasteiger partial charge in [0.25, 0.3) is 0 Å². The summed E-state index contributed by atoms with van der Waals surface area (Å²) < 4.78 is 4.37. The molecule has 0 radical (unpaired) electrons. The van der Waals surface area contributed by atoms with Crippen molar-refractivity contribution in [3.63, 3.8) is 0 Å². The summed E-state index contributed by atoms with van der Waals surface area (Å²) in [7, 11) is 1.27. The van der Waals surface area contributed by atoms with E-state index >= 15 is 0 Å². The van der Waals surface area contributed by atoms with Crippen molar-refractivity contribution in [2.45, 2.75) is 25.4 Å². The van der Waals surface area contributed by atoms with Crippen molar-refractivity contribution in [3.8, 4) is 0 Å². The Hall–Kier alpha value is -1.26. The Labute approximate surface area is 70.5 Å². The number of alkyl carbamates (subject to hydrolysis) is 1. The molecule has 0 aromatic carbocycles. The molecule has 1 aliphatic rings. The highest BCUT2D eigenvalue weighted by atomic mass is 16.5. The first kappa shape index (κ1) is 8.83. The number of amides is 2. The fraction of sp³-hybridized carbons (Fsp3) is 0.714. The average Bonchev–Trinajstić information content (AvgIpc) is 2.09. The van der Waals surface area contributed by atoms with Crippen molar-refractivity contribution in [2.75, 3.05) is 7.11 Å². The van der Waals surface area contributed by atoms with Crippen molar-refractivity contribution in [2.24, 2.45) is 0 Å². The van der Waals surface area contributed by atoms with Crippen LogP contribution in [0.2, 0.25) is 0 Å². The van der Waals surface area contributed by atoms with Gasteiger partial charge in [0.15, 0.2) is 0 Å². The highest BCUT2D eigenvalue weighted by molar-refractivity contribution is 5.92. The number of carbonyl (C=O) groups is 2. The monoisotopic (exact) mass is 172 g/mol. The number of hydrogen-bond acceptors (Lipinski definition) is 3. The Morgan fingerprint density at radius 3 is 2.83 bits per heavy atom. The average molecular weight is 172 g/mol. The fourth-order valence-corrected chi connectivity index (χ4v) is 1.13. The summed E-state index contributed by atoms with van der Waals surface area (Å²) in [6, 6.07) is -0.362. The van der Waals surface area contributed by atoms with E-state index in [9.17, 15) is 9.59 Å². The number of ether oxygens (including phenoxy) is 1. The molecule has 0 bridgehead atoms. The van der Waals surface area contributed by atoms with Crippen molar-refractivity contribution < 1.29 is 14.3 Å². The first-order valence-electron chi connectivity index (χ1n) is 3.84. The minimum atomic E-state index is -0.562. The highest BCUT2D eigenvalue weighted by Gasteiger charge is 2.39. The number of methoxy groups -OCH3 is 1. The van der Waals surface area contributed by atoms with Crippen molar-refractivity contribution in [1.29, 1.82) is 0 Å². The molecule has 0 unspecified atom stereocenters. The summed E-state index contributed by atoms with van der Waals surface area (Å²) in [6.07, 6.45) is 0.244. The molecule has 0 aliphatic carbocycles. The molecule has 0 spiro atoms. The molecule has 0 aromatic rings. The second-order valence-electron chi connectivity index (χ2n) is 2.64. The molecule has 2 amide bonds. The van der Waals surface area contributed by atoms with Gasteiger partial charge in [0.05, 0.1) is 13.2 Å². The van der Waals surface area contributed by atoms with Crippen LogP contribution in [-0.2, 0) is 9.53 Å². The van der Waals surface area contributed by atoms with Crippen molar-refractivity contribution in [3.05, 3.63) is 0 Å². The summed E-state index contributed by atoms with van der Waals surface area (Å²) in [4.78, 5) is 21.6. The van der Waals surface area contributed by atoms with E-state index in [4.69, 9.17) is 0 Å². The van der Waals surface area contributed by atoms with Gasteiger partial charge in [0.2, 0.25) is 5.91 Å². The predicted molar refractivity (Wildman–Crippen MR) is 41.6 cm³/mol. The van der Waals surface area contributed by atoms with E-state index in [-0.39, 0.29) is 11.9 Å². The van der Waals surface area contributed by atoms with Crippen LogP contribution in [0.5, 0.6) is 0 Å². The Bertz CT molecular complexity index is 203. The van der Waals surface area contributed by atoms with Gasteiger partial charge >= 0.3 is 6.09 Å². The van der Waals surface area contributed by atoms with E-state index < -0.39 is 12.1 Å². The Balaban J connectivity index is 2.40. The maximum atomic E-state index is 10.9. The van der Waals surface area contributed by atoms with Crippen LogP contribution in [0, 0.1) is 0 Å². The zero-order chi connectivity index (χ0) is 9.14. The Morgan fingerprint density at radius 2 is 2.42 bits per heavy atom. The zero-order valence-corrected chi connectivity index (χ0v) is 7.09. The second-order valence-corrected chi connectivity index (χ2v) is 2.64. The standard InChI is InChI=1S/C7H12N2O3/c1-3-4-5(6(10)8-4)9-7(11)12-2/h4-5H,3H2,1-2H3,(H,8,10)(H,9,11)/t4-,5+/m0/s1. The van der Waals surface area contributed by atoms with Crippen molar-refractivity contribution in [1.82, 2.24) is 10.6 Å². The lowest BCUT2D eigenvalue weighted by Gasteiger charge is -2.35. The minimum Gasteiger partial charge on any atom is -0.453 e. The molecule has 2 N–H and O–H groups in total. The molecule has 68 valence electrons. The second kappa shape index (κ2) is 3.42. The lowest BCUT2D eigenvalue weighted by Crippen LogP contribution is -2.68.